The predicted octanol–water partition coefficient (Wildman–Crippen LogP) is 1.41. The molecule has 33 heavy (non-hydrogen) atoms. The third-order valence-corrected chi connectivity index (χ3v) is 5.32. The van der Waals surface area contributed by atoms with Gasteiger partial charge in [-0.05, 0) is 13.0 Å². The van der Waals surface area contributed by atoms with Crippen molar-refractivity contribution < 1.29 is 24.3 Å². The van der Waals surface area contributed by atoms with Gasteiger partial charge in [-0.1, -0.05) is 12.1 Å². The van der Waals surface area contributed by atoms with E-state index in [-0.39, 0.29) is 35.8 Å². The number of hydrogen-bond donors (Lipinski definition) is 3. The number of anilines is 1. The molecular weight excluding hydrogens is 436 g/mol. The van der Waals surface area contributed by atoms with Crippen LogP contribution in [0.5, 0.6) is 0 Å². The minimum atomic E-state index is -0.887. The number of rotatable bonds is 7. The summed E-state index contributed by atoms with van der Waals surface area (Å²) in [6.07, 6.45) is -1.32. The van der Waals surface area contributed by atoms with Gasteiger partial charge in [-0.3, -0.25) is 34.6 Å². The first-order valence-corrected chi connectivity index (χ1v) is 10.2. The normalized spacial score (nSPS) is 21.2. The number of nitrogens with one attached hydrogen (secondary N) is 2. The molecule has 1 aliphatic heterocycles. The monoisotopic (exact) mass is 458 g/mol. The summed E-state index contributed by atoms with van der Waals surface area (Å²) in [5.41, 5.74) is 0.0913. The first kappa shape index (κ1) is 22.5. The molecule has 174 valence electrons. The maximum Gasteiger partial charge on any atom is 0.280 e. The third kappa shape index (κ3) is 4.60. The first-order chi connectivity index (χ1) is 15.7. The van der Waals surface area contributed by atoms with Gasteiger partial charge in [0.25, 0.3) is 11.2 Å². The molecule has 3 N–H and O–H groups in total. The molecule has 0 bridgehead atoms. The summed E-state index contributed by atoms with van der Waals surface area (Å²) in [6, 6.07) is 6.28. The zero-order valence-electron chi connectivity index (χ0n) is 17.8. The molecule has 3 aromatic rings. The molecule has 0 saturated carbocycles. The number of aromatic nitrogens is 4. The van der Waals surface area contributed by atoms with E-state index < -0.39 is 40.9 Å². The first-order valence-electron chi connectivity index (χ1n) is 10.2. The van der Waals surface area contributed by atoms with E-state index in [0.29, 0.717) is 5.56 Å². The summed E-state index contributed by atoms with van der Waals surface area (Å²) in [4.78, 5) is 45.1. The second-order valence-electron chi connectivity index (χ2n) is 7.64. The van der Waals surface area contributed by atoms with Crippen molar-refractivity contribution in [3.8, 4) is 0 Å². The molecule has 0 spiro atoms. The van der Waals surface area contributed by atoms with Crippen LogP contribution in [-0.2, 0) is 14.3 Å². The second-order valence-corrected chi connectivity index (χ2v) is 7.64. The van der Waals surface area contributed by atoms with Crippen LogP contribution < -0.4 is 10.9 Å². The van der Waals surface area contributed by atoms with Gasteiger partial charge in [0, 0.05) is 19.4 Å². The molecule has 1 fully saturated rings. The number of nitro benzene ring substituents is 1. The van der Waals surface area contributed by atoms with Crippen molar-refractivity contribution in [2.75, 3.05) is 11.9 Å². The predicted molar refractivity (Wildman–Crippen MR) is 114 cm³/mol. The number of aliphatic hydroxyl groups excluding tert-OH is 1. The maximum atomic E-state index is 12.2. The van der Waals surface area contributed by atoms with E-state index in [9.17, 15) is 24.8 Å². The zero-order chi connectivity index (χ0) is 23.7. The Morgan fingerprint density at radius 3 is 2.97 bits per heavy atom. The Bertz CT molecular complexity index is 1260. The van der Waals surface area contributed by atoms with Crippen molar-refractivity contribution in [3.63, 3.8) is 0 Å². The van der Waals surface area contributed by atoms with Crippen LogP contribution in [0.3, 0.4) is 0 Å². The fourth-order valence-electron chi connectivity index (χ4n) is 3.73. The van der Waals surface area contributed by atoms with Gasteiger partial charge in [0.15, 0.2) is 11.2 Å². The van der Waals surface area contributed by atoms with E-state index in [4.69, 9.17) is 9.47 Å². The van der Waals surface area contributed by atoms with Crippen molar-refractivity contribution in [2.24, 2.45) is 0 Å². The summed E-state index contributed by atoms with van der Waals surface area (Å²) in [6.45, 7) is 2.96. The van der Waals surface area contributed by atoms with Gasteiger partial charge >= 0.3 is 0 Å². The van der Waals surface area contributed by atoms with Gasteiger partial charge in [-0.25, -0.2) is 4.98 Å². The lowest BCUT2D eigenvalue weighted by Gasteiger charge is -2.19. The zero-order valence-corrected chi connectivity index (χ0v) is 17.8. The van der Waals surface area contributed by atoms with Crippen LogP contribution in [0.2, 0.25) is 0 Å². The number of carbonyl (C=O) groups is 1. The summed E-state index contributed by atoms with van der Waals surface area (Å²) >= 11 is 0. The molecule has 13 nitrogen and oxygen atoms in total. The lowest BCUT2D eigenvalue weighted by molar-refractivity contribution is -0.386. The SMILES string of the molecule is CC(=O)Nc1nc2c(ncn2[C@H]2C[C@H](O)[C@@H](COC(C)c3ccccc3[N+](=O)[O-])O2)c(=O)[nH]1. The third-order valence-electron chi connectivity index (χ3n) is 5.32. The van der Waals surface area contributed by atoms with Crippen LogP contribution in [0.25, 0.3) is 11.2 Å². The molecule has 4 atom stereocenters. The Labute approximate surface area is 186 Å². The highest BCUT2D eigenvalue weighted by Gasteiger charge is 2.36. The highest BCUT2D eigenvalue weighted by atomic mass is 16.6. The van der Waals surface area contributed by atoms with Crippen LogP contribution >= 0.6 is 0 Å². The smallest absolute Gasteiger partial charge is 0.280 e. The van der Waals surface area contributed by atoms with Crippen molar-refractivity contribution in [3.05, 3.63) is 56.6 Å². The van der Waals surface area contributed by atoms with Gasteiger partial charge in [-0.2, -0.15) is 4.98 Å². The lowest BCUT2D eigenvalue weighted by atomic mass is 10.1. The molecule has 1 amide bonds. The standard InChI is InChI=1S/C20H22N6O7/c1-10(12-5-3-4-6-13(12)26(30)31)32-8-15-14(28)7-16(33-15)25-9-21-17-18(25)23-20(22-11(2)27)24-19(17)29/h3-6,9-10,14-16,28H,7-8H2,1-2H3,(H2,22,23,24,27,29)/t10?,14-,15+,16+/m0/s1. The fraction of sp³-hybridized carbons (Fsp3) is 0.400. The van der Waals surface area contributed by atoms with Gasteiger partial charge in [0.2, 0.25) is 11.9 Å². The largest absolute Gasteiger partial charge is 0.390 e. The number of carbonyl (C=O) groups excluding carboxylic acids is 1. The van der Waals surface area contributed by atoms with E-state index >= 15 is 0 Å². The van der Waals surface area contributed by atoms with Crippen LogP contribution in [0.15, 0.2) is 35.4 Å². The molecule has 4 rings (SSSR count). The molecule has 0 aliphatic carbocycles. The minimum Gasteiger partial charge on any atom is -0.390 e. The van der Waals surface area contributed by atoms with E-state index in [1.165, 1.54) is 23.9 Å². The second kappa shape index (κ2) is 9.05. The van der Waals surface area contributed by atoms with Crippen molar-refractivity contribution in [1.29, 1.82) is 0 Å². The Balaban J connectivity index is 1.49. The lowest BCUT2D eigenvalue weighted by Crippen LogP contribution is -2.27. The number of hydrogen-bond acceptors (Lipinski definition) is 9. The number of nitrogens with zero attached hydrogens (tertiary/aromatic N) is 4. The van der Waals surface area contributed by atoms with Gasteiger partial charge in [0.1, 0.15) is 12.3 Å². The van der Waals surface area contributed by atoms with Crippen LogP contribution in [0, 0.1) is 10.1 Å². The summed E-state index contributed by atoms with van der Waals surface area (Å²) in [7, 11) is 0. The maximum absolute atomic E-state index is 12.2. The molecule has 1 saturated heterocycles. The quantitative estimate of drug-likeness (QED) is 0.349. The molecule has 3 heterocycles. The minimum absolute atomic E-state index is 0.0112. The number of nitro groups is 1. The number of H-pyrrole nitrogens is 1. The summed E-state index contributed by atoms with van der Waals surface area (Å²) < 4.78 is 13.2. The number of para-hydroxylation sites is 1. The fourth-order valence-corrected chi connectivity index (χ4v) is 3.73. The number of fused-ring (bicyclic) bond motifs is 1. The van der Waals surface area contributed by atoms with Crippen molar-refractivity contribution in [1.82, 2.24) is 19.5 Å². The highest BCUT2D eigenvalue weighted by molar-refractivity contribution is 5.87. The Kier molecular flexibility index (Phi) is 6.18. The highest BCUT2D eigenvalue weighted by Crippen LogP contribution is 2.32. The van der Waals surface area contributed by atoms with Gasteiger partial charge in [0.05, 0.1) is 35.6 Å². The van der Waals surface area contributed by atoms with Crippen molar-refractivity contribution >= 4 is 28.7 Å². The number of aromatic amines is 1. The number of ether oxygens (including phenoxy) is 2. The van der Waals surface area contributed by atoms with E-state index in [2.05, 4.69) is 20.3 Å². The van der Waals surface area contributed by atoms with E-state index in [1.54, 1.807) is 25.1 Å². The molecule has 1 aliphatic rings. The molecular formula is C20H22N6O7. The van der Waals surface area contributed by atoms with E-state index in [0.717, 1.165) is 0 Å². The Hall–Kier alpha value is -3.68. The van der Waals surface area contributed by atoms with Crippen LogP contribution in [0.4, 0.5) is 11.6 Å². The number of benzene rings is 1. The number of imidazole rings is 1. The molecule has 13 heteroatoms. The average Bonchev–Trinajstić information content (AvgIpc) is 3.35. The summed E-state index contributed by atoms with van der Waals surface area (Å²) in [5.74, 6) is -0.431. The molecule has 0 radical (unpaired) electrons. The van der Waals surface area contributed by atoms with Gasteiger partial charge in [-0.15, -0.1) is 0 Å². The number of aliphatic hydroxyl groups is 1. The number of amides is 1. The van der Waals surface area contributed by atoms with E-state index in [1.807, 2.05) is 0 Å². The van der Waals surface area contributed by atoms with Crippen molar-refractivity contribution in [2.45, 2.75) is 44.8 Å². The average molecular weight is 458 g/mol. The molecule has 1 aromatic carbocycles. The van der Waals surface area contributed by atoms with Crippen LogP contribution in [-0.4, -0.2) is 54.3 Å². The summed E-state index contributed by atoms with van der Waals surface area (Å²) in [5, 5.41) is 24.2. The Morgan fingerprint density at radius 2 is 2.24 bits per heavy atom. The molecule has 1 unspecified atom stereocenters. The Morgan fingerprint density at radius 1 is 1.48 bits per heavy atom. The topological polar surface area (TPSA) is 174 Å². The van der Waals surface area contributed by atoms with Crippen LogP contribution in [0.1, 0.15) is 38.2 Å². The molecule has 2 aromatic heterocycles. The van der Waals surface area contributed by atoms with Gasteiger partial charge < -0.3 is 14.6 Å².